The van der Waals surface area contributed by atoms with Crippen LogP contribution in [0.5, 0.6) is 11.5 Å². The maximum absolute atomic E-state index is 9.78. The second kappa shape index (κ2) is 15.1. The van der Waals surface area contributed by atoms with E-state index in [4.69, 9.17) is 37.4 Å². The fourth-order valence-corrected chi connectivity index (χ4v) is 3.98. The smallest absolute Gasteiger partial charge is 0.142 e. The molecular formula is C25H34Cl2O5. The van der Waals surface area contributed by atoms with Crippen LogP contribution in [0.2, 0.25) is 10.0 Å². The molecule has 2 N–H and O–H groups in total. The number of methoxy groups -OCH3 is 3. The third-order valence-electron chi connectivity index (χ3n) is 4.76. The van der Waals surface area contributed by atoms with Crippen molar-refractivity contribution in [3.63, 3.8) is 0 Å². The number of allylic oxidation sites excluding steroid dienone is 1. The van der Waals surface area contributed by atoms with Crippen LogP contribution in [0, 0.1) is 0 Å². The van der Waals surface area contributed by atoms with Crippen molar-refractivity contribution >= 4 is 28.8 Å². The van der Waals surface area contributed by atoms with Crippen molar-refractivity contribution in [3.8, 4) is 11.5 Å². The summed E-state index contributed by atoms with van der Waals surface area (Å²) in [5.41, 5.74) is 3.72. The van der Waals surface area contributed by atoms with E-state index in [1.54, 1.807) is 19.2 Å². The fourth-order valence-electron chi connectivity index (χ4n) is 3.34. The molecule has 0 saturated heterocycles. The molecule has 2 rings (SSSR count). The highest BCUT2D eigenvalue weighted by atomic mass is 35.5. The van der Waals surface area contributed by atoms with Crippen molar-refractivity contribution in [1.29, 1.82) is 0 Å². The van der Waals surface area contributed by atoms with Crippen molar-refractivity contribution in [2.75, 3.05) is 27.9 Å². The monoisotopic (exact) mass is 484 g/mol. The van der Waals surface area contributed by atoms with E-state index in [0.717, 1.165) is 36.0 Å². The summed E-state index contributed by atoms with van der Waals surface area (Å²) in [4.78, 5) is 0. The molecular weight excluding hydrogens is 451 g/mol. The molecule has 2 aromatic carbocycles. The van der Waals surface area contributed by atoms with Gasteiger partial charge in [-0.1, -0.05) is 43.1 Å². The highest BCUT2D eigenvalue weighted by molar-refractivity contribution is 6.33. The van der Waals surface area contributed by atoms with E-state index in [0.29, 0.717) is 39.3 Å². The number of aliphatic hydroxyl groups excluding tert-OH is 2. The predicted octanol–water partition coefficient (Wildman–Crippen LogP) is 6.27. The highest BCUT2D eigenvalue weighted by Gasteiger charge is 2.16. The Kier molecular flexibility index (Phi) is 13.4. The predicted molar refractivity (Wildman–Crippen MR) is 132 cm³/mol. The first-order valence-corrected chi connectivity index (χ1v) is 11.4. The van der Waals surface area contributed by atoms with Crippen LogP contribution in [0.25, 0.3) is 5.57 Å². The zero-order valence-corrected chi connectivity index (χ0v) is 21.0. The van der Waals surface area contributed by atoms with Gasteiger partial charge in [-0.25, -0.2) is 0 Å². The highest BCUT2D eigenvalue weighted by Crippen LogP contribution is 2.38. The normalized spacial score (nSPS) is 10.3. The molecule has 0 aliphatic carbocycles. The van der Waals surface area contributed by atoms with Gasteiger partial charge in [0.15, 0.2) is 0 Å². The van der Waals surface area contributed by atoms with E-state index in [2.05, 4.69) is 6.08 Å². The summed E-state index contributed by atoms with van der Waals surface area (Å²) in [6.07, 6.45) is 4.81. The first kappa shape index (κ1) is 28.3. The van der Waals surface area contributed by atoms with Gasteiger partial charge >= 0.3 is 0 Å². The van der Waals surface area contributed by atoms with Gasteiger partial charge in [-0.3, -0.25) is 0 Å². The Labute approximate surface area is 201 Å². The lowest BCUT2D eigenvalue weighted by molar-refractivity contribution is 0.193. The van der Waals surface area contributed by atoms with Crippen LogP contribution in [0.3, 0.4) is 0 Å². The third-order valence-corrected chi connectivity index (χ3v) is 5.32. The second-order valence-corrected chi connectivity index (χ2v) is 7.54. The third kappa shape index (κ3) is 7.39. The van der Waals surface area contributed by atoms with Crippen molar-refractivity contribution in [2.45, 2.75) is 46.3 Å². The summed E-state index contributed by atoms with van der Waals surface area (Å²) in [5, 5.41) is 20.4. The molecule has 32 heavy (non-hydrogen) atoms. The zero-order valence-electron chi connectivity index (χ0n) is 19.5. The Morgan fingerprint density at radius 2 is 1.28 bits per heavy atom. The molecule has 0 fully saturated rings. The van der Waals surface area contributed by atoms with Crippen LogP contribution in [-0.2, 0) is 18.0 Å². The van der Waals surface area contributed by atoms with Gasteiger partial charge in [0.1, 0.15) is 11.5 Å². The first-order valence-electron chi connectivity index (χ1n) is 10.6. The Balaban J connectivity index is 0.00000249. The number of ether oxygens (including phenoxy) is 3. The van der Waals surface area contributed by atoms with Crippen LogP contribution in [-0.4, -0.2) is 38.1 Å². The average molecular weight is 485 g/mol. The van der Waals surface area contributed by atoms with E-state index in [1.165, 1.54) is 14.2 Å². The Morgan fingerprint density at radius 3 is 1.66 bits per heavy atom. The summed E-state index contributed by atoms with van der Waals surface area (Å²) >= 11 is 12.8. The van der Waals surface area contributed by atoms with Crippen LogP contribution in [0.1, 0.15) is 55.4 Å². The number of aliphatic hydroxyl groups is 2. The molecule has 7 heteroatoms. The molecule has 2 aromatic rings. The van der Waals surface area contributed by atoms with Gasteiger partial charge in [-0.05, 0) is 60.2 Å². The molecule has 0 saturated carbocycles. The SMILES string of the molecule is CC.COCCCCC=C(c1cc(Cl)c(OC)c(CO)c1)c1cc(Cl)c(OC)c(CO)c1. The summed E-state index contributed by atoms with van der Waals surface area (Å²) in [6, 6.07) is 7.31. The summed E-state index contributed by atoms with van der Waals surface area (Å²) in [6.45, 7) is 4.29. The van der Waals surface area contributed by atoms with Gasteiger partial charge in [-0.15, -0.1) is 0 Å². The number of halogens is 2. The van der Waals surface area contributed by atoms with Gasteiger partial charge in [-0.2, -0.15) is 0 Å². The molecule has 0 aliphatic heterocycles. The van der Waals surface area contributed by atoms with Crippen LogP contribution < -0.4 is 9.47 Å². The van der Waals surface area contributed by atoms with Crippen LogP contribution in [0.4, 0.5) is 0 Å². The molecule has 0 aromatic heterocycles. The van der Waals surface area contributed by atoms with Gasteiger partial charge in [0.2, 0.25) is 0 Å². The lowest BCUT2D eigenvalue weighted by Gasteiger charge is -2.17. The van der Waals surface area contributed by atoms with E-state index in [1.807, 2.05) is 26.0 Å². The van der Waals surface area contributed by atoms with Gasteiger partial charge in [0.05, 0.1) is 37.5 Å². The Bertz CT molecular complexity index is 818. The summed E-state index contributed by atoms with van der Waals surface area (Å²) in [7, 11) is 4.72. The average Bonchev–Trinajstić information content (AvgIpc) is 2.81. The molecule has 0 spiro atoms. The fraction of sp³-hybridized carbons (Fsp3) is 0.440. The minimum Gasteiger partial charge on any atom is -0.495 e. The van der Waals surface area contributed by atoms with Gasteiger partial charge in [0, 0.05) is 24.8 Å². The molecule has 0 bridgehead atoms. The van der Waals surface area contributed by atoms with Crippen LogP contribution in [0.15, 0.2) is 30.3 Å². The van der Waals surface area contributed by atoms with E-state index in [9.17, 15) is 10.2 Å². The topological polar surface area (TPSA) is 68.2 Å². The number of rotatable bonds is 11. The summed E-state index contributed by atoms with van der Waals surface area (Å²) in [5.74, 6) is 0.900. The largest absolute Gasteiger partial charge is 0.495 e. The standard InChI is InChI=1S/C23H28Cl2O5.C2H6/c1-28-8-6-4-5-7-19(15-9-17(13-26)22(29-2)20(24)11-15)16-10-18(14-27)23(30-3)21(25)12-16;1-2/h7,9-12,26-27H,4-6,8,13-14H2,1-3H3;1-2H3. The molecule has 0 amide bonds. The molecule has 0 aliphatic rings. The van der Waals surface area contributed by atoms with Crippen molar-refractivity contribution < 1.29 is 24.4 Å². The minimum atomic E-state index is -0.205. The van der Waals surface area contributed by atoms with E-state index < -0.39 is 0 Å². The quantitative estimate of drug-likeness (QED) is 0.367. The van der Waals surface area contributed by atoms with Crippen molar-refractivity contribution in [1.82, 2.24) is 0 Å². The number of unbranched alkanes of at least 4 members (excludes halogenated alkanes) is 2. The Morgan fingerprint density at radius 1 is 0.812 bits per heavy atom. The minimum absolute atomic E-state index is 0.205. The maximum atomic E-state index is 9.78. The number of hydrogen-bond donors (Lipinski definition) is 2. The zero-order chi connectivity index (χ0) is 24.1. The second-order valence-electron chi connectivity index (χ2n) is 6.72. The van der Waals surface area contributed by atoms with Gasteiger partial charge in [0.25, 0.3) is 0 Å². The van der Waals surface area contributed by atoms with Crippen LogP contribution >= 0.6 is 23.2 Å². The van der Waals surface area contributed by atoms with Crippen molar-refractivity contribution in [2.24, 2.45) is 0 Å². The molecule has 5 nitrogen and oxygen atoms in total. The maximum Gasteiger partial charge on any atom is 0.142 e. The molecule has 0 heterocycles. The number of hydrogen-bond acceptors (Lipinski definition) is 5. The molecule has 178 valence electrons. The van der Waals surface area contributed by atoms with Gasteiger partial charge < -0.3 is 24.4 Å². The molecule has 0 atom stereocenters. The van der Waals surface area contributed by atoms with E-state index >= 15 is 0 Å². The Hall–Kier alpha value is -1.76. The van der Waals surface area contributed by atoms with E-state index in [-0.39, 0.29) is 13.2 Å². The first-order chi connectivity index (χ1) is 15.5. The lowest BCUT2D eigenvalue weighted by Crippen LogP contribution is -1.99. The number of benzene rings is 2. The summed E-state index contributed by atoms with van der Waals surface area (Å²) < 4.78 is 15.8. The van der Waals surface area contributed by atoms with Crippen molar-refractivity contribution in [3.05, 3.63) is 62.6 Å². The molecule has 0 unspecified atom stereocenters. The molecule has 0 radical (unpaired) electrons. The lowest BCUT2D eigenvalue weighted by atomic mass is 9.93.